The number of carbonyl (C=O) groups is 2. The third-order valence-corrected chi connectivity index (χ3v) is 4.75. The summed E-state index contributed by atoms with van der Waals surface area (Å²) in [7, 11) is 0. The lowest BCUT2D eigenvalue weighted by atomic mass is 10.0. The van der Waals surface area contributed by atoms with Crippen molar-refractivity contribution < 1.29 is 18.9 Å². The van der Waals surface area contributed by atoms with Gasteiger partial charge in [-0.05, 0) is 31.9 Å². The zero-order chi connectivity index (χ0) is 20.3. The van der Waals surface area contributed by atoms with Crippen LogP contribution in [0.3, 0.4) is 0 Å². The Balaban J connectivity index is 1.61. The van der Waals surface area contributed by atoms with Crippen LogP contribution in [0.4, 0.5) is 10.1 Å². The molecule has 0 atom stereocenters. The van der Waals surface area contributed by atoms with Gasteiger partial charge >= 0.3 is 0 Å². The van der Waals surface area contributed by atoms with E-state index in [4.69, 9.17) is 0 Å². The van der Waals surface area contributed by atoms with E-state index in [1.54, 1.807) is 17.9 Å². The smallest absolute Gasteiger partial charge is 0.288 e. The van der Waals surface area contributed by atoms with E-state index in [1.165, 1.54) is 24.3 Å². The number of nitrogens with one attached hydrogen (secondary N) is 1. The van der Waals surface area contributed by atoms with Crippen LogP contribution in [0.5, 0.6) is 0 Å². The lowest BCUT2D eigenvalue weighted by molar-refractivity contribution is -0.385. The van der Waals surface area contributed by atoms with Crippen molar-refractivity contribution in [3.05, 3.63) is 69.3 Å². The van der Waals surface area contributed by atoms with Gasteiger partial charge in [0.1, 0.15) is 12.0 Å². The summed E-state index contributed by atoms with van der Waals surface area (Å²) in [5.74, 6) is -1.37. The first-order valence-electron chi connectivity index (χ1n) is 8.82. The van der Waals surface area contributed by atoms with Crippen LogP contribution < -0.4 is 5.32 Å². The van der Waals surface area contributed by atoms with Gasteiger partial charge in [0, 0.05) is 25.2 Å². The molecule has 28 heavy (non-hydrogen) atoms. The Morgan fingerprint density at radius 2 is 1.93 bits per heavy atom. The Morgan fingerprint density at radius 3 is 2.57 bits per heavy atom. The molecule has 0 unspecified atom stereocenters. The van der Waals surface area contributed by atoms with E-state index >= 15 is 0 Å². The highest BCUT2D eigenvalue weighted by molar-refractivity contribution is 5.96. The Bertz CT molecular complexity index is 926. The number of piperidine rings is 1. The van der Waals surface area contributed by atoms with Gasteiger partial charge in [-0.25, -0.2) is 4.39 Å². The van der Waals surface area contributed by atoms with Crippen LogP contribution in [0.25, 0.3) is 0 Å². The number of aryl methyl sites for hydroxylation is 1. The first-order valence-corrected chi connectivity index (χ1v) is 8.82. The fraction of sp³-hybridized carbons (Fsp3) is 0.316. The molecule has 1 saturated heterocycles. The predicted molar refractivity (Wildman–Crippen MR) is 98.4 cm³/mol. The lowest BCUT2D eigenvalue weighted by Crippen LogP contribution is -2.46. The van der Waals surface area contributed by atoms with Crippen molar-refractivity contribution in [2.45, 2.75) is 25.8 Å². The van der Waals surface area contributed by atoms with Crippen LogP contribution >= 0.6 is 0 Å². The maximum atomic E-state index is 13.8. The molecule has 1 N–H and O–H groups in total. The Hall–Kier alpha value is -3.36. The van der Waals surface area contributed by atoms with Gasteiger partial charge in [-0.3, -0.25) is 24.7 Å². The van der Waals surface area contributed by atoms with Crippen molar-refractivity contribution in [2.75, 3.05) is 13.1 Å². The minimum absolute atomic E-state index is 0.0308. The number of carbonyl (C=O) groups excluding carboxylic acids is 2. The van der Waals surface area contributed by atoms with E-state index in [9.17, 15) is 24.1 Å². The molecule has 0 aliphatic carbocycles. The summed E-state index contributed by atoms with van der Waals surface area (Å²) in [6.07, 6.45) is 2.12. The molecule has 1 aliphatic heterocycles. The zero-order valence-electron chi connectivity index (χ0n) is 15.2. The van der Waals surface area contributed by atoms with Gasteiger partial charge in [-0.1, -0.05) is 12.1 Å². The monoisotopic (exact) mass is 386 g/mol. The first kappa shape index (κ1) is 19.4. The minimum atomic E-state index is -0.601. The average Bonchev–Trinajstić information content (AvgIpc) is 2.68. The summed E-state index contributed by atoms with van der Waals surface area (Å²) < 4.78 is 13.8. The van der Waals surface area contributed by atoms with Gasteiger partial charge in [-0.15, -0.1) is 0 Å². The molecule has 146 valence electrons. The third kappa shape index (κ3) is 4.13. The summed E-state index contributed by atoms with van der Waals surface area (Å²) >= 11 is 0. The number of benzene rings is 1. The standard InChI is InChI=1S/C19H19FN4O4/c1-12-16(10-14(11-21-12)24(27)28)18(25)22-13-6-8-23(9-7-13)19(26)15-4-2-3-5-17(15)20/h2-5,10-11,13H,6-9H2,1H3,(H,22,25). The number of halogens is 1. The molecular formula is C19H19FN4O4. The van der Waals surface area contributed by atoms with Crippen molar-refractivity contribution in [3.63, 3.8) is 0 Å². The third-order valence-electron chi connectivity index (χ3n) is 4.75. The second-order valence-corrected chi connectivity index (χ2v) is 6.60. The second kappa shape index (κ2) is 8.12. The Kier molecular flexibility index (Phi) is 5.62. The van der Waals surface area contributed by atoms with Crippen LogP contribution in [-0.4, -0.2) is 45.8 Å². The second-order valence-electron chi connectivity index (χ2n) is 6.60. The lowest BCUT2D eigenvalue weighted by Gasteiger charge is -2.32. The van der Waals surface area contributed by atoms with Gasteiger partial charge in [0.15, 0.2) is 0 Å². The molecule has 1 aromatic carbocycles. The van der Waals surface area contributed by atoms with Crippen molar-refractivity contribution in [2.24, 2.45) is 0 Å². The normalized spacial score (nSPS) is 14.6. The molecule has 0 bridgehead atoms. The summed E-state index contributed by atoms with van der Waals surface area (Å²) in [5, 5.41) is 13.7. The molecule has 1 fully saturated rings. The summed E-state index contributed by atoms with van der Waals surface area (Å²) in [4.78, 5) is 40.7. The number of rotatable bonds is 4. The summed E-state index contributed by atoms with van der Waals surface area (Å²) in [6.45, 7) is 2.36. The predicted octanol–water partition coefficient (Wildman–Crippen LogP) is 2.47. The highest BCUT2D eigenvalue weighted by atomic mass is 19.1. The highest BCUT2D eigenvalue weighted by Crippen LogP contribution is 2.18. The molecule has 0 saturated carbocycles. The SMILES string of the molecule is Cc1ncc([N+](=O)[O-])cc1C(=O)NC1CCN(C(=O)c2ccccc2F)CC1. The van der Waals surface area contributed by atoms with Gasteiger partial charge in [-0.2, -0.15) is 0 Å². The molecular weight excluding hydrogens is 367 g/mol. The fourth-order valence-electron chi connectivity index (χ4n) is 3.15. The number of nitrogens with zero attached hydrogens (tertiary/aromatic N) is 3. The maximum Gasteiger partial charge on any atom is 0.288 e. The van der Waals surface area contributed by atoms with E-state index in [0.717, 1.165) is 6.20 Å². The zero-order valence-corrected chi connectivity index (χ0v) is 15.2. The maximum absolute atomic E-state index is 13.8. The Morgan fingerprint density at radius 1 is 1.25 bits per heavy atom. The van der Waals surface area contributed by atoms with Crippen LogP contribution in [0.1, 0.15) is 39.3 Å². The van der Waals surface area contributed by atoms with Crippen molar-refractivity contribution in [3.8, 4) is 0 Å². The van der Waals surface area contributed by atoms with Gasteiger partial charge in [0.05, 0.1) is 21.7 Å². The van der Waals surface area contributed by atoms with Crippen LogP contribution in [0.2, 0.25) is 0 Å². The average molecular weight is 386 g/mol. The molecule has 0 radical (unpaired) electrons. The van der Waals surface area contributed by atoms with Gasteiger partial charge in [0.2, 0.25) is 0 Å². The number of amides is 2. The number of nitro groups is 1. The van der Waals surface area contributed by atoms with E-state index in [1.807, 2.05) is 0 Å². The molecule has 3 rings (SSSR count). The minimum Gasteiger partial charge on any atom is -0.349 e. The molecule has 0 spiro atoms. The van der Waals surface area contributed by atoms with E-state index < -0.39 is 16.6 Å². The van der Waals surface area contributed by atoms with E-state index in [0.29, 0.717) is 31.6 Å². The Labute approximate surface area is 160 Å². The van der Waals surface area contributed by atoms with Gasteiger partial charge < -0.3 is 10.2 Å². The quantitative estimate of drug-likeness (QED) is 0.642. The van der Waals surface area contributed by atoms with Crippen molar-refractivity contribution >= 4 is 17.5 Å². The molecule has 1 aromatic heterocycles. The number of hydrogen-bond acceptors (Lipinski definition) is 5. The molecule has 2 heterocycles. The van der Waals surface area contributed by atoms with Crippen LogP contribution in [0, 0.1) is 22.9 Å². The molecule has 9 heteroatoms. The molecule has 8 nitrogen and oxygen atoms in total. The molecule has 2 aromatic rings. The highest BCUT2D eigenvalue weighted by Gasteiger charge is 2.27. The number of likely N-dealkylation sites (tertiary alicyclic amines) is 1. The number of hydrogen-bond donors (Lipinski definition) is 1. The van der Waals surface area contributed by atoms with Crippen molar-refractivity contribution in [1.82, 2.24) is 15.2 Å². The topological polar surface area (TPSA) is 105 Å². The molecule has 2 amide bonds. The molecule has 1 aliphatic rings. The van der Waals surface area contributed by atoms with Crippen LogP contribution in [-0.2, 0) is 0 Å². The fourth-order valence-corrected chi connectivity index (χ4v) is 3.15. The summed E-state index contributed by atoms with van der Waals surface area (Å²) in [5.41, 5.74) is 0.332. The summed E-state index contributed by atoms with van der Waals surface area (Å²) in [6, 6.07) is 6.85. The van der Waals surface area contributed by atoms with Crippen molar-refractivity contribution in [1.29, 1.82) is 0 Å². The first-order chi connectivity index (χ1) is 13.4. The van der Waals surface area contributed by atoms with E-state index in [-0.39, 0.29) is 28.8 Å². The number of pyridine rings is 1. The van der Waals surface area contributed by atoms with Crippen LogP contribution in [0.15, 0.2) is 36.5 Å². The number of aromatic nitrogens is 1. The van der Waals surface area contributed by atoms with E-state index in [2.05, 4.69) is 10.3 Å². The van der Waals surface area contributed by atoms with Gasteiger partial charge in [0.25, 0.3) is 17.5 Å². The largest absolute Gasteiger partial charge is 0.349 e.